The summed E-state index contributed by atoms with van der Waals surface area (Å²) in [6, 6.07) is 0. The number of hydrogen-bond donors (Lipinski definition) is 2. The largest absolute Gasteiger partial charge is 0.389 e. The van der Waals surface area contributed by atoms with Crippen molar-refractivity contribution in [3.8, 4) is 0 Å². The van der Waals surface area contributed by atoms with Crippen molar-refractivity contribution in [2.24, 2.45) is 5.73 Å². The molecule has 3 heteroatoms. The van der Waals surface area contributed by atoms with E-state index >= 15 is 0 Å². The zero-order valence-electron chi connectivity index (χ0n) is 7.92. The Bertz CT molecular complexity index is 140. The molecule has 1 heterocycles. The van der Waals surface area contributed by atoms with Gasteiger partial charge in [0.25, 0.3) is 0 Å². The minimum atomic E-state index is -0.514. The average molecular weight is 172 g/mol. The number of likely N-dealkylation sites (N-methyl/N-ethyl adjacent to an activating group) is 1. The van der Waals surface area contributed by atoms with Crippen molar-refractivity contribution in [3.05, 3.63) is 0 Å². The normalized spacial score (nSPS) is 33.2. The quantitative estimate of drug-likeness (QED) is 0.625. The number of hydrogen-bond acceptors (Lipinski definition) is 3. The molecule has 1 atom stereocenters. The Morgan fingerprint density at radius 1 is 1.50 bits per heavy atom. The maximum absolute atomic E-state index is 10.1. The van der Waals surface area contributed by atoms with E-state index < -0.39 is 5.60 Å². The van der Waals surface area contributed by atoms with Crippen molar-refractivity contribution in [2.45, 2.75) is 31.3 Å². The molecule has 3 nitrogen and oxygen atoms in total. The molecule has 12 heavy (non-hydrogen) atoms. The summed E-state index contributed by atoms with van der Waals surface area (Å²) in [5.74, 6) is 0. The molecule has 72 valence electrons. The Hall–Kier alpha value is -0.120. The van der Waals surface area contributed by atoms with Crippen LogP contribution in [0.1, 0.15) is 25.7 Å². The summed E-state index contributed by atoms with van der Waals surface area (Å²) < 4.78 is 0. The van der Waals surface area contributed by atoms with Crippen LogP contribution in [0.25, 0.3) is 0 Å². The van der Waals surface area contributed by atoms with Crippen molar-refractivity contribution < 1.29 is 5.11 Å². The standard InChI is InChI=1S/C9H20N2O/c1-11-7-3-2-4-9(12,8-11)5-6-10/h12H,2-8,10H2,1H3. The van der Waals surface area contributed by atoms with Gasteiger partial charge in [-0.25, -0.2) is 0 Å². The molecule has 0 aliphatic carbocycles. The third-order valence-corrected chi connectivity index (χ3v) is 2.61. The predicted octanol–water partition coefficient (Wildman–Crippen LogP) is 0.182. The lowest BCUT2D eigenvalue weighted by Gasteiger charge is -2.29. The van der Waals surface area contributed by atoms with Crippen LogP contribution in [0.4, 0.5) is 0 Å². The summed E-state index contributed by atoms with van der Waals surface area (Å²) in [6.07, 6.45) is 3.97. The van der Waals surface area contributed by atoms with Crippen molar-refractivity contribution in [1.82, 2.24) is 4.90 Å². The number of β-amino-alcohol motifs (C(OH)–C–C–N with tert-alkyl or cyclic N) is 1. The third-order valence-electron chi connectivity index (χ3n) is 2.61. The van der Waals surface area contributed by atoms with Gasteiger partial charge in [0.05, 0.1) is 5.60 Å². The van der Waals surface area contributed by atoms with Crippen LogP contribution in [-0.4, -0.2) is 42.3 Å². The molecular weight excluding hydrogens is 152 g/mol. The smallest absolute Gasteiger partial charge is 0.0786 e. The number of rotatable bonds is 2. The molecular formula is C9H20N2O. The van der Waals surface area contributed by atoms with Gasteiger partial charge in [-0.05, 0) is 45.8 Å². The zero-order valence-corrected chi connectivity index (χ0v) is 7.92. The molecule has 0 aromatic rings. The molecule has 1 aliphatic rings. The van der Waals surface area contributed by atoms with Crippen LogP contribution in [-0.2, 0) is 0 Å². The summed E-state index contributed by atoms with van der Waals surface area (Å²) in [7, 11) is 2.06. The maximum atomic E-state index is 10.1. The molecule has 1 saturated heterocycles. The molecule has 1 unspecified atom stereocenters. The Morgan fingerprint density at radius 3 is 2.92 bits per heavy atom. The molecule has 3 N–H and O–H groups in total. The lowest BCUT2D eigenvalue weighted by molar-refractivity contribution is 0.00662. The first-order valence-electron chi connectivity index (χ1n) is 4.77. The van der Waals surface area contributed by atoms with Gasteiger partial charge in [-0.1, -0.05) is 0 Å². The van der Waals surface area contributed by atoms with Crippen molar-refractivity contribution >= 4 is 0 Å². The Kier molecular flexibility index (Phi) is 3.50. The lowest BCUT2D eigenvalue weighted by atomic mass is 9.94. The van der Waals surface area contributed by atoms with E-state index in [9.17, 15) is 5.11 Å². The summed E-state index contributed by atoms with van der Waals surface area (Å²) >= 11 is 0. The van der Waals surface area contributed by atoms with Crippen molar-refractivity contribution in [1.29, 1.82) is 0 Å². The van der Waals surface area contributed by atoms with Gasteiger partial charge in [0.1, 0.15) is 0 Å². The van der Waals surface area contributed by atoms with Crippen LogP contribution in [0.3, 0.4) is 0 Å². The van der Waals surface area contributed by atoms with E-state index in [-0.39, 0.29) is 0 Å². The minimum Gasteiger partial charge on any atom is -0.389 e. The van der Waals surface area contributed by atoms with Gasteiger partial charge in [-0.15, -0.1) is 0 Å². The number of nitrogens with zero attached hydrogens (tertiary/aromatic N) is 1. The first kappa shape index (κ1) is 9.96. The summed E-state index contributed by atoms with van der Waals surface area (Å²) in [6.45, 7) is 2.47. The summed E-state index contributed by atoms with van der Waals surface area (Å²) in [5.41, 5.74) is 4.95. The van der Waals surface area contributed by atoms with E-state index in [0.29, 0.717) is 6.54 Å². The fourth-order valence-corrected chi connectivity index (χ4v) is 1.97. The molecule has 1 rings (SSSR count). The fraction of sp³-hybridized carbons (Fsp3) is 1.00. The second-order valence-electron chi connectivity index (χ2n) is 3.96. The highest BCUT2D eigenvalue weighted by Gasteiger charge is 2.28. The van der Waals surface area contributed by atoms with Crippen LogP contribution < -0.4 is 5.73 Å². The molecule has 0 bridgehead atoms. The van der Waals surface area contributed by atoms with Crippen LogP contribution in [0.2, 0.25) is 0 Å². The van der Waals surface area contributed by atoms with E-state index in [1.54, 1.807) is 0 Å². The maximum Gasteiger partial charge on any atom is 0.0786 e. The van der Waals surface area contributed by atoms with E-state index in [2.05, 4.69) is 11.9 Å². The van der Waals surface area contributed by atoms with Crippen LogP contribution in [0.5, 0.6) is 0 Å². The molecule has 1 aliphatic heterocycles. The highest BCUT2D eigenvalue weighted by atomic mass is 16.3. The molecule has 0 spiro atoms. The fourth-order valence-electron chi connectivity index (χ4n) is 1.97. The Labute approximate surface area is 74.5 Å². The van der Waals surface area contributed by atoms with Crippen LogP contribution in [0.15, 0.2) is 0 Å². The van der Waals surface area contributed by atoms with Crippen LogP contribution >= 0.6 is 0 Å². The molecule has 0 saturated carbocycles. The summed E-state index contributed by atoms with van der Waals surface area (Å²) in [4.78, 5) is 2.20. The first-order chi connectivity index (χ1) is 5.66. The van der Waals surface area contributed by atoms with E-state index in [4.69, 9.17) is 5.73 Å². The molecule has 0 aromatic carbocycles. The molecule has 1 fully saturated rings. The minimum absolute atomic E-state index is 0.514. The predicted molar refractivity (Wildman–Crippen MR) is 50.0 cm³/mol. The zero-order chi connectivity index (χ0) is 9.03. The number of likely N-dealkylation sites (tertiary alicyclic amines) is 1. The topological polar surface area (TPSA) is 49.5 Å². The van der Waals surface area contributed by atoms with Gasteiger partial charge in [0.2, 0.25) is 0 Å². The van der Waals surface area contributed by atoms with E-state index in [0.717, 1.165) is 32.4 Å². The first-order valence-corrected chi connectivity index (χ1v) is 4.77. The summed E-state index contributed by atoms with van der Waals surface area (Å²) in [5, 5.41) is 10.1. The van der Waals surface area contributed by atoms with Gasteiger partial charge in [-0.3, -0.25) is 0 Å². The SMILES string of the molecule is CN1CCCCC(O)(CCN)C1. The second kappa shape index (κ2) is 4.21. The molecule has 0 amide bonds. The monoisotopic (exact) mass is 172 g/mol. The Balaban J connectivity index is 2.49. The van der Waals surface area contributed by atoms with Crippen molar-refractivity contribution in [3.63, 3.8) is 0 Å². The molecule has 0 radical (unpaired) electrons. The van der Waals surface area contributed by atoms with Crippen LogP contribution in [0, 0.1) is 0 Å². The average Bonchev–Trinajstić information content (AvgIpc) is 2.12. The molecule has 0 aromatic heterocycles. The van der Waals surface area contributed by atoms with Gasteiger partial charge < -0.3 is 15.7 Å². The van der Waals surface area contributed by atoms with Gasteiger partial charge in [-0.2, -0.15) is 0 Å². The van der Waals surface area contributed by atoms with Crippen molar-refractivity contribution in [2.75, 3.05) is 26.7 Å². The highest BCUT2D eigenvalue weighted by molar-refractivity contribution is 4.84. The van der Waals surface area contributed by atoms with E-state index in [1.807, 2.05) is 0 Å². The Morgan fingerprint density at radius 2 is 2.25 bits per heavy atom. The number of nitrogens with two attached hydrogens (primary N) is 1. The van der Waals surface area contributed by atoms with Gasteiger partial charge in [0, 0.05) is 6.54 Å². The number of aliphatic hydroxyl groups is 1. The van der Waals surface area contributed by atoms with Gasteiger partial charge >= 0.3 is 0 Å². The second-order valence-corrected chi connectivity index (χ2v) is 3.96. The third kappa shape index (κ3) is 2.73. The van der Waals surface area contributed by atoms with Gasteiger partial charge in [0.15, 0.2) is 0 Å². The highest BCUT2D eigenvalue weighted by Crippen LogP contribution is 2.22. The van der Waals surface area contributed by atoms with E-state index in [1.165, 1.54) is 6.42 Å². The lowest BCUT2D eigenvalue weighted by Crippen LogP contribution is -2.41.